The molecular formula is C14H18ClN3O. The van der Waals surface area contributed by atoms with Crippen molar-refractivity contribution in [2.45, 2.75) is 39.3 Å². The van der Waals surface area contributed by atoms with Crippen LogP contribution in [-0.4, -0.2) is 16.2 Å². The zero-order chi connectivity index (χ0) is 13.7. The molecule has 0 aliphatic heterocycles. The van der Waals surface area contributed by atoms with Gasteiger partial charge in [0.25, 0.3) is 0 Å². The molecule has 0 radical (unpaired) electrons. The van der Waals surface area contributed by atoms with Crippen molar-refractivity contribution in [3.63, 3.8) is 0 Å². The summed E-state index contributed by atoms with van der Waals surface area (Å²) in [5, 5.41) is 8.02. The van der Waals surface area contributed by atoms with Gasteiger partial charge >= 0.3 is 0 Å². The van der Waals surface area contributed by atoms with Crippen LogP contribution >= 0.6 is 11.6 Å². The van der Waals surface area contributed by atoms with Gasteiger partial charge in [-0.15, -0.1) is 0 Å². The molecule has 0 bridgehead atoms. The van der Waals surface area contributed by atoms with E-state index in [4.69, 9.17) is 16.1 Å². The smallest absolute Gasteiger partial charge is 0.240 e. The minimum absolute atomic E-state index is 0.447. The van der Waals surface area contributed by atoms with Crippen LogP contribution in [0, 0.1) is 0 Å². The Labute approximate surface area is 118 Å². The van der Waals surface area contributed by atoms with Crippen LogP contribution in [0.5, 0.6) is 0 Å². The second-order valence-electron chi connectivity index (χ2n) is 4.60. The first kappa shape index (κ1) is 14.0. The lowest BCUT2D eigenvalue weighted by atomic mass is 10.1. The molecule has 0 aliphatic carbocycles. The van der Waals surface area contributed by atoms with E-state index < -0.39 is 0 Å². The van der Waals surface area contributed by atoms with Crippen LogP contribution in [0.4, 0.5) is 0 Å². The van der Waals surface area contributed by atoms with E-state index in [-0.39, 0.29) is 0 Å². The number of halogens is 1. The van der Waals surface area contributed by atoms with Crippen LogP contribution in [0.3, 0.4) is 0 Å². The Morgan fingerprint density at radius 1 is 1.42 bits per heavy atom. The van der Waals surface area contributed by atoms with Crippen LogP contribution in [0.1, 0.15) is 37.5 Å². The van der Waals surface area contributed by atoms with E-state index in [2.05, 4.69) is 29.3 Å². The maximum atomic E-state index is 5.94. The molecule has 5 heteroatoms. The van der Waals surface area contributed by atoms with Gasteiger partial charge in [-0.25, -0.2) is 0 Å². The Morgan fingerprint density at radius 2 is 2.26 bits per heavy atom. The molecule has 0 amide bonds. The molecule has 4 nitrogen and oxygen atoms in total. The highest BCUT2D eigenvalue weighted by Gasteiger charge is 2.08. The second-order valence-corrected chi connectivity index (χ2v) is 5.04. The lowest BCUT2D eigenvalue weighted by molar-refractivity contribution is 0.354. The van der Waals surface area contributed by atoms with Crippen molar-refractivity contribution in [1.29, 1.82) is 0 Å². The fourth-order valence-electron chi connectivity index (χ4n) is 1.67. The van der Waals surface area contributed by atoms with Gasteiger partial charge in [0.2, 0.25) is 5.89 Å². The molecule has 0 aliphatic rings. The number of rotatable bonds is 6. The lowest BCUT2D eigenvalue weighted by Gasteiger charge is -2.07. The minimum Gasteiger partial charge on any atom is -0.338 e. The summed E-state index contributed by atoms with van der Waals surface area (Å²) in [5.41, 5.74) is 1.08. The predicted octanol–water partition coefficient (Wildman–Crippen LogP) is 3.20. The Hall–Kier alpha value is -1.39. The highest BCUT2D eigenvalue weighted by molar-refractivity contribution is 6.30. The Bertz CT molecular complexity index is 527. The Morgan fingerprint density at radius 3 is 3.00 bits per heavy atom. The Kier molecular flexibility index (Phi) is 4.93. The second kappa shape index (κ2) is 6.68. The third-order valence-electron chi connectivity index (χ3n) is 2.98. The van der Waals surface area contributed by atoms with Crippen molar-refractivity contribution >= 4 is 11.6 Å². The van der Waals surface area contributed by atoms with Gasteiger partial charge in [-0.3, -0.25) is 0 Å². The number of aromatic nitrogens is 2. The summed E-state index contributed by atoms with van der Waals surface area (Å²) in [7, 11) is 0. The first-order valence-electron chi connectivity index (χ1n) is 6.46. The average molecular weight is 280 g/mol. The summed E-state index contributed by atoms with van der Waals surface area (Å²) in [5.74, 6) is 1.31. The van der Waals surface area contributed by atoms with Crippen LogP contribution in [0.25, 0.3) is 0 Å². The van der Waals surface area contributed by atoms with Crippen LogP contribution < -0.4 is 5.32 Å². The molecule has 102 valence electrons. The van der Waals surface area contributed by atoms with Crippen molar-refractivity contribution in [1.82, 2.24) is 15.5 Å². The molecule has 1 N–H and O–H groups in total. The summed E-state index contributed by atoms with van der Waals surface area (Å²) >= 11 is 5.94. The maximum Gasteiger partial charge on any atom is 0.240 e. The molecule has 2 aromatic rings. The van der Waals surface area contributed by atoms with Crippen molar-refractivity contribution in [2.75, 3.05) is 0 Å². The van der Waals surface area contributed by atoms with Gasteiger partial charge in [0.05, 0.1) is 6.54 Å². The molecule has 1 aromatic carbocycles. The third kappa shape index (κ3) is 4.33. The van der Waals surface area contributed by atoms with Gasteiger partial charge in [0.15, 0.2) is 5.82 Å². The lowest BCUT2D eigenvalue weighted by Crippen LogP contribution is -2.24. The molecule has 0 saturated carbocycles. The van der Waals surface area contributed by atoms with Crippen molar-refractivity contribution in [3.05, 3.63) is 46.6 Å². The summed E-state index contributed by atoms with van der Waals surface area (Å²) in [6.07, 6.45) is 1.71. The van der Waals surface area contributed by atoms with E-state index in [1.54, 1.807) is 0 Å². The van der Waals surface area contributed by atoms with Crippen molar-refractivity contribution < 1.29 is 4.52 Å². The van der Waals surface area contributed by atoms with Gasteiger partial charge < -0.3 is 9.84 Å². The average Bonchev–Trinajstić information content (AvgIpc) is 2.83. The number of hydrogen-bond donors (Lipinski definition) is 1. The van der Waals surface area contributed by atoms with E-state index >= 15 is 0 Å². The zero-order valence-corrected chi connectivity index (χ0v) is 11.9. The van der Waals surface area contributed by atoms with E-state index in [9.17, 15) is 0 Å². The number of nitrogens with one attached hydrogen (secondary N) is 1. The van der Waals surface area contributed by atoms with E-state index in [0.717, 1.165) is 17.0 Å². The molecule has 1 aromatic heterocycles. The van der Waals surface area contributed by atoms with Gasteiger partial charge in [-0.1, -0.05) is 35.8 Å². The fraction of sp³-hybridized carbons (Fsp3) is 0.429. The normalized spacial score (nSPS) is 12.6. The Balaban J connectivity index is 1.94. The fourth-order valence-corrected chi connectivity index (χ4v) is 1.88. The minimum atomic E-state index is 0.447. The molecule has 1 unspecified atom stereocenters. The highest BCUT2D eigenvalue weighted by atomic mass is 35.5. The largest absolute Gasteiger partial charge is 0.338 e. The standard InChI is InChI=1S/C14H18ClN3O/c1-3-10(2)16-9-14-17-13(18-19-14)8-11-5-4-6-12(15)7-11/h4-7,10,16H,3,8-9H2,1-2H3. The topological polar surface area (TPSA) is 51.0 Å². The quantitative estimate of drug-likeness (QED) is 0.882. The van der Waals surface area contributed by atoms with E-state index in [0.29, 0.717) is 30.7 Å². The molecule has 1 heterocycles. The zero-order valence-electron chi connectivity index (χ0n) is 11.2. The molecular weight excluding hydrogens is 262 g/mol. The van der Waals surface area contributed by atoms with E-state index in [1.807, 2.05) is 24.3 Å². The van der Waals surface area contributed by atoms with Gasteiger partial charge in [-0.2, -0.15) is 4.98 Å². The summed E-state index contributed by atoms with van der Waals surface area (Å²) in [4.78, 5) is 4.36. The summed E-state index contributed by atoms with van der Waals surface area (Å²) < 4.78 is 5.21. The molecule has 1 atom stereocenters. The molecule has 0 spiro atoms. The predicted molar refractivity (Wildman–Crippen MR) is 75.1 cm³/mol. The number of hydrogen-bond acceptors (Lipinski definition) is 4. The SMILES string of the molecule is CCC(C)NCc1nc(Cc2cccc(Cl)c2)no1. The first-order valence-corrected chi connectivity index (χ1v) is 6.84. The van der Waals surface area contributed by atoms with Crippen LogP contribution in [0.15, 0.2) is 28.8 Å². The number of nitrogens with zero attached hydrogens (tertiary/aromatic N) is 2. The van der Waals surface area contributed by atoms with Gasteiger partial charge in [-0.05, 0) is 31.0 Å². The van der Waals surface area contributed by atoms with Crippen molar-refractivity contribution in [2.24, 2.45) is 0 Å². The van der Waals surface area contributed by atoms with Gasteiger partial charge in [0.1, 0.15) is 0 Å². The number of benzene rings is 1. The monoisotopic (exact) mass is 279 g/mol. The molecule has 0 saturated heterocycles. The van der Waals surface area contributed by atoms with Crippen molar-refractivity contribution in [3.8, 4) is 0 Å². The van der Waals surface area contributed by atoms with Gasteiger partial charge in [0, 0.05) is 17.5 Å². The van der Waals surface area contributed by atoms with Crippen LogP contribution in [-0.2, 0) is 13.0 Å². The summed E-state index contributed by atoms with van der Waals surface area (Å²) in [6, 6.07) is 8.13. The van der Waals surface area contributed by atoms with E-state index in [1.165, 1.54) is 0 Å². The molecule has 0 fully saturated rings. The highest BCUT2D eigenvalue weighted by Crippen LogP contribution is 2.13. The third-order valence-corrected chi connectivity index (χ3v) is 3.21. The maximum absolute atomic E-state index is 5.94. The molecule has 2 rings (SSSR count). The summed E-state index contributed by atoms with van der Waals surface area (Å²) in [6.45, 7) is 4.87. The first-order chi connectivity index (χ1) is 9.17. The van der Waals surface area contributed by atoms with Crippen LogP contribution in [0.2, 0.25) is 5.02 Å². The molecule has 19 heavy (non-hydrogen) atoms.